The van der Waals surface area contributed by atoms with Crippen molar-refractivity contribution in [3.63, 3.8) is 0 Å². The Morgan fingerprint density at radius 3 is 2.40 bits per heavy atom. The van der Waals surface area contributed by atoms with E-state index in [9.17, 15) is 8.42 Å². The summed E-state index contributed by atoms with van der Waals surface area (Å²) in [5.74, 6) is 1.31. The van der Waals surface area contributed by atoms with Gasteiger partial charge >= 0.3 is 0 Å². The largest absolute Gasteiger partial charge is 0.441 e. The maximum Gasteiger partial charge on any atom is 0.243 e. The van der Waals surface area contributed by atoms with Crippen molar-refractivity contribution in [1.82, 2.24) is 14.2 Å². The molecule has 4 rings (SSSR count). The van der Waals surface area contributed by atoms with Gasteiger partial charge in [0, 0.05) is 43.3 Å². The van der Waals surface area contributed by atoms with Crippen LogP contribution in [-0.4, -0.2) is 48.8 Å². The van der Waals surface area contributed by atoms with Crippen LogP contribution in [0.5, 0.6) is 0 Å². The fourth-order valence-corrected chi connectivity index (χ4v) is 5.13. The number of oxazole rings is 1. The minimum Gasteiger partial charge on any atom is -0.441 e. The lowest BCUT2D eigenvalue weighted by Crippen LogP contribution is -2.48. The molecule has 0 N–H and O–H groups in total. The highest BCUT2D eigenvalue weighted by Crippen LogP contribution is 2.25. The molecule has 3 aromatic rings. The predicted molar refractivity (Wildman–Crippen MR) is 117 cm³/mol. The van der Waals surface area contributed by atoms with Gasteiger partial charge in [-0.1, -0.05) is 35.4 Å². The number of aryl methyl sites for hydroxylation is 2. The molecule has 158 valence electrons. The molecular weight excluding hydrogens is 422 g/mol. The molecule has 0 radical (unpaired) electrons. The number of rotatable bonds is 5. The van der Waals surface area contributed by atoms with Crippen molar-refractivity contribution in [1.29, 1.82) is 0 Å². The summed E-state index contributed by atoms with van der Waals surface area (Å²) in [6.45, 7) is 6.65. The molecule has 1 aromatic heterocycles. The van der Waals surface area contributed by atoms with Gasteiger partial charge in [-0.15, -0.1) is 0 Å². The SMILES string of the molecule is Cc1ccc(S(=O)(=O)N2CCN(Cc3nc(-c4cccc(Cl)c4)oc3C)CC2)cc1. The third kappa shape index (κ3) is 4.44. The number of benzene rings is 2. The summed E-state index contributed by atoms with van der Waals surface area (Å²) < 4.78 is 33.1. The molecule has 0 saturated carbocycles. The molecule has 6 nitrogen and oxygen atoms in total. The van der Waals surface area contributed by atoms with Gasteiger partial charge in [-0.05, 0) is 44.2 Å². The quantitative estimate of drug-likeness (QED) is 0.591. The van der Waals surface area contributed by atoms with Crippen molar-refractivity contribution in [2.75, 3.05) is 26.2 Å². The van der Waals surface area contributed by atoms with E-state index in [2.05, 4.69) is 9.88 Å². The number of halogens is 1. The van der Waals surface area contributed by atoms with Crippen LogP contribution >= 0.6 is 11.6 Å². The number of piperazine rings is 1. The molecule has 0 aliphatic carbocycles. The molecule has 1 aliphatic heterocycles. The molecule has 2 aromatic carbocycles. The third-order valence-corrected chi connectivity index (χ3v) is 7.48. The molecule has 8 heteroatoms. The molecule has 0 spiro atoms. The minimum atomic E-state index is -3.46. The van der Waals surface area contributed by atoms with Crippen LogP contribution in [0.4, 0.5) is 0 Å². The van der Waals surface area contributed by atoms with Gasteiger partial charge in [0.2, 0.25) is 15.9 Å². The smallest absolute Gasteiger partial charge is 0.243 e. The maximum atomic E-state index is 12.9. The molecule has 2 heterocycles. The molecule has 30 heavy (non-hydrogen) atoms. The summed E-state index contributed by atoms with van der Waals surface area (Å²) in [4.78, 5) is 7.19. The van der Waals surface area contributed by atoms with Crippen LogP contribution in [0.25, 0.3) is 11.5 Å². The van der Waals surface area contributed by atoms with Crippen molar-refractivity contribution >= 4 is 21.6 Å². The minimum absolute atomic E-state index is 0.347. The van der Waals surface area contributed by atoms with Crippen molar-refractivity contribution in [2.24, 2.45) is 0 Å². The number of hydrogen-bond donors (Lipinski definition) is 0. The van der Waals surface area contributed by atoms with Gasteiger partial charge in [-0.2, -0.15) is 4.31 Å². The molecule has 1 fully saturated rings. The van der Waals surface area contributed by atoms with Gasteiger partial charge in [0.1, 0.15) is 5.76 Å². The van der Waals surface area contributed by atoms with Gasteiger partial charge in [0.15, 0.2) is 0 Å². The molecule has 0 atom stereocenters. The van der Waals surface area contributed by atoms with Gasteiger partial charge in [-0.25, -0.2) is 13.4 Å². The normalized spacial score (nSPS) is 16.1. The molecule has 1 aliphatic rings. The zero-order valence-corrected chi connectivity index (χ0v) is 18.6. The molecule has 0 unspecified atom stereocenters. The second-order valence-corrected chi connectivity index (χ2v) is 9.90. The van der Waals surface area contributed by atoms with Crippen LogP contribution in [-0.2, 0) is 16.6 Å². The first-order valence-corrected chi connectivity index (χ1v) is 11.7. The lowest BCUT2D eigenvalue weighted by Gasteiger charge is -2.33. The Morgan fingerprint density at radius 2 is 1.73 bits per heavy atom. The second kappa shape index (κ2) is 8.51. The summed E-state index contributed by atoms with van der Waals surface area (Å²) in [6, 6.07) is 14.4. The van der Waals surface area contributed by atoms with Gasteiger partial charge in [-0.3, -0.25) is 4.90 Å². The highest BCUT2D eigenvalue weighted by Gasteiger charge is 2.29. The van der Waals surface area contributed by atoms with E-state index in [1.807, 2.05) is 50.2 Å². The van der Waals surface area contributed by atoms with E-state index >= 15 is 0 Å². The van der Waals surface area contributed by atoms with E-state index in [-0.39, 0.29) is 0 Å². The van der Waals surface area contributed by atoms with E-state index in [4.69, 9.17) is 16.0 Å². The van der Waals surface area contributed by atoms with Crippen LogP contribution < -0.4 is 0 Å². The summed E-state index contributed by atoms with van der Waals surface area (Å²) >= 11 is 6.07. The lowest BCUT2D eigenvalue weighted by atomic mass is 10.2. The summed E-state index contributed by atoms with van der Waals surface area (Å²) in [7, 11) is -3.46. The van der Waals surface area contributed by atoms with Crippen LogP contribution in [0.1, 0.15) is 17.0 Å². The molecule has 0 amide bonds. The predicted octanol–water partition coefficient (Wildman–Crippen LogP) is 4.12. The van der Waals surface area contributed by atoms with E-state index < -0.39 is 10.0 Å². The van der Waals surface area contributed by atoms with Gasteiger partial charge in [0.25, 0.3) is 0 Å². The van der Waals surface area contributed by atoms with E-state index in [1.54, 1.807) is 16.4 Å². The van der Waals surface area contributed by atoms with Crippen molar-refractivity contribution in [3.8, 4) is 11.5 Å². The highest BCUT2D eigenvalue weighted by atomic mass is 35.5. The standard InChI is InChI=1S/C22H24ClN3O3S/c1-16-6-8-20(9-7-16)30(27,28)26-12-10-25(11-13-26)15-21-17(2)29-22(24-21)18-4-3-5-19(23)14-18/h3-9,14H,10-13,15H2,1-2H3. The molecule has 0 bridgehead atoms. The van der Waals surface area contributed by atoms with Crippen LogP contribution in [0.2, 0.25) is 5.02 Å². The zero-order chi connectivity index (χ0) is 21.3. The van der Waals surface area contributed by atoms with Crippen molar-refractivity contribution in [2.45, 2.75) is 25.3 Å². The molecule has 1 saturated heterocycles. The summed E-state index contributed by atoms with van der Waals surface area (Å²) in [6.07, 6.45) is 0. The number of aromatic nitrogens is 1. The first-order chi connectivity index (χ1) is 14.3. The number of hydrogen-bond acceptors (Lipinski definition) is 5. The van der Waals surface area contributed by atoms with E-state index in [0.29, 0.717) is 48.5 Å². The number of sulfonamides is 1. The Morgan fingerprint density at radius 1 is 1.03 bits per heavy atom. The van der Waals surface area contributed by atoms with Gasteiger partial charge < -0.3 is 4.42 Å². The topological polar surface area (TPSA) is 66.7 Å². The average Bonchev–Trinajstić information content (AvgIpc) is 3.09. The fraction of sp³-hybridized carbons (Fsp3) is 0.318. The highest BCUT2D eigenvalue weighted by molar-refractivity contribution is 7.89. The number of nitrogens with zero attached hydrogens (tertiary/aromatic N) is 3. The maximum absolute atomic E-state index is 12.9. The van der Waals surface area contributed by atoms with E-state index in [0.717, 1.165) is 22.6 Å². The zero-order valence-electron chi connectivity index (χ0n) is 17.0. The van der Waals surface area contributed by atoms with E-state index in [1.165, 1.54) is 0 Å². The third-order valence-electron chi connectivity index (χ3n) is 5.33. The summed E-state index contributed by atoms with van der Waals surface area (Å²) in [5.41, 5.74) is 2.74. The first kappa shape index (κ1) is 21.1. The van der Waals surface area contributed by atoms with Gasteiger partial charge in [0.05, 0.1) is 10.6 Å². The average molecular weight is 446 g/mol. The Bertz CT molecular complexity index is 1130. The van der Waals surface area contributed by atoms with Crippen molar-refractivity contribution in [3.05, 3.63) is 70.6 Å². The Labute approximate surface area is 182 Å². The summed E-state index contributed by atoms with van der Waals surface area (Å²) in [5, 5.41) is 0.635. The van der Waals surface area contributed by atoms with Crippen LogP contribution in [0, 0.1) is 13.8 Å². The van der Waals surface area contributed by atoms with Crippen LogP contribution in [0.15, 0.2) is 57.8 Å². The molecular formula is C22H24ClN3O3S. The Balaban J connectivity index is 1.41. The second-order valence-electron chi connectivity index (χ2n) is 7.53. The lowest BCUT2D eigenvalue weighted by molar-refractivity contribution is 0.179. The Hall–Kier alpha value is -2.19. The fourth-order valence-electron chi connectivity index (χ4n) is 3.52. The monoisotopic (exact) mass is 445 g/mol. The first-order valence-electron chi connectivity index (χ1n) is 9.84. The van der Waals surface area contributed by atoms with Crippen molar-refractivity contribution < 1.29 is 12.8 Å². The van der Waals surface area contributed by atoms with Crippen LogP contribution in [0.3, 0.4) is 0 Å². The Kier molecular flexibility index (Phi) is 5.97.